The Morgan fingerprint density at radius 1 is 1.13 bits per heavy atom. The first-order valence-corrected chi connectivity index (χ1v) is 10.9. The molecule has 1 amide bonds. The van der Waals surface area contributed by atoms with Crippen molar-refractivity contribution in [3.05, 3.63) is 64.7 Å². The van der Waals surface area contributed by atoms with Crippen LogP contribution in [0.4, 0.5) is 5.69 Å². The molecule has 0 saturated carbocycles. The largest absolute Gasteiger partial charge is 0.376 e. The van der Waals surface area contributed by atoms with Gasteiger partial charge in [-0.2, -0.15) is 0 Å². The Hall–Kier alpha value is -2.13. The van der Waals surface area contributed by atoms with Gasteiger partial charge in [-0.25, -0.2) is 4.99 Å². The summed E-state index contributed by atoms with van der Waals surface area (Å²) in [5, 5.41) is 6.22. The van der Waals surface area contributed by atoms with E-state index in [1.165, 1.54) is 24.0 Å². The van der Waals surface area contributed by atoms with Crippen molar-refractivity contribution in [2.45, 2.75) is 51.2 Å². The number of carbonyl (C=O) groups excluding carboxylic acids is 1. The first kappa shape index (κ1) is 23.5. The average molecular weight is 534 g/mol. The highest BCUT2D eigenvalue weighted by Crippen LogP contribution is 2.27. The van der Waals surface area contributed by atoms with E-state index in [9.17, 15) is 4.79 Å². The topological polar surface area (TPSA) is 88.7 Å². The van der Waals surface area contributed by atoms with Crippen LogP contribution in [-0.4, -0.2) is 31.1 Å². The van der Waals surface area contributed by atoms with Gasteiger partial charge in [0.2, 0.25) is 0 Å². The second-order valence-electron chi connectivity index (χ2n) is 8.02. The molecule has 1 unspecified atom stereocenters. The number of aliphatic imine (C=N–C) groups is 1. The number of ether oxygens (including phenoxy) is 1. The summed E-state index contributed by atoms with van der Waals surface area (Å²) in [6, 6.07) is 13.8. The van der Waals surface area contributed by atoms with Gasteiger partial charge in [0.15, 0.2) is 5.96 Å². The maximum absolute atomic E-state index is 12.4. The predicted molar refractivity (Wildman–Crippen MR) is 135 cm³/mol. The summed E-state index contributed by atoms with van der Waals surface area (Å²) in [4.78, 5) is 16.9. The lowest BCUT2D eigenvalue weighted by Crippen LogP contribution is -2.31. The van der Waals surface area contributed by atoms with Gasteiger partial charge in [0, 0.05) is 24.4 Å². The fraction of sp³-hybridized carbons (Fsp3) is 0.417. The quantitative estimate of drug-likeness (QED) is 0.297. The number of hydrogen-bond acceptors (Lipinski definition) is 3. The summed E-state index contributed by atoms with van der Waals surface area (Å²) in [7, 11) is 0. The van der Waals surface area contributed by atoms with Gasteiger partial charge in [0.25, 0.3) is 5.91 Å². The summed E-state index contributed by atoms with van der Waals surface area (Å²) in [5.74, 6) is 0.306. The second kappa shape index (κ2) is 11.5. The van der Waals surface area contributed by atoms with Crippen LogP contribution in [0.5, 0.6) is 0 Å². The van der Waals surface area contributed by atoms with E-state index in [-0.39, 0.29) is 36.0 Å². The van der Waals surface area contributed by atoms with Crippen LogP contribution in [0.3, 0.4) is 0 Å². The molecule has 166 valence electrons. The SMILES string of the molecule is I.NC(=NCc1cccc(C(=O)NCC2CCCO2)c1)Nc1cccc2c1CCCC2. The second-order valence-corrected chi connectivity index (χ2v) is 8.02. The summed E-state index contributed by atoms with van der Waals surface area (Å²) in [6.45, 7) is 1.76. The molecular weight excluding hydrogens is 503 g/mol. The van der Waals surface area contributed by atoms with E-state index in [4.69, 9.17) is 10.5 Å². The van der Waals surface area contributed by atoms with Crippen molar-refractivity contribution in [1.82, 2.24) is 5.32 Å². The molecule has 1 heterocycles. The Labute approximate surface area is 201 Å². The molecule has 1 aliphatic heterocycles. The van der Waals surface area contributed by atoms with E-state index in [0.717, 1.165) is 43.5 Å². The molecule has 2 aromatic carbocycles. The molecule has 4 N–H and O–H groups in total. The normalized spacial score (nSPS) is 18.1. The zero-order valence-corrected chi connectivity index (χ0v) is 20.1. The number of amides is 1. The molecule has 2 aliphatic rings. The zero-order valence-electron chi connectivity index (χ0n) is 17.7. The van der Waals surface area contributed by atoms with Crippen LogP contribution < -0.4 is 16.4 Å². The standard InChI is InChI=1S/C24H30N4O2.HI/c25-24(28-22-12-4-8-18-7-1-2-11-21(18)22)27-15-17-6-3-9-19(14-17)23(29)26-16-20-10-5-13-30-20;/h3-4,6,8-9,12,14,20H,1-2,5,7,10-11,13,15-16H2,(H,26,29)(H3,25,27,28);1H. The highest BCUT2D eigenvalue weighted by Gasteiger charge is 2.17. The van der Waals surface area contributed by atoms with Crippen molar-refractivity contribution in [3.8, 4) is 0 Å². The van der Waals surface area contributed by atoms with Crippen molar-refractivity contribution in [2.24, 2.45) is 10.7 Å². The third-order valence-corrected chi connectivity index (χ3v) is 5.79. The maximum atomic E-state index is 12.4. The molecule has 1 atom stereocenters. The highest BCUT2D eigenvalue weighted by molar-refractivity contribution is 14.0. The van der Waals surface area contributed by atoms with E-state index in [0.29, 0.717) is 24.6 Å². The lowest BCUT2D eigenvalue weighted by Gasteiger charge is -2.19. The van der Waals surface area contributed by atoms with Crippen LogP contribution in [-0.2, 0) is 24.1 Å². The molecular formula is C24H31IN4O2. The minimum Gasteiger partial charge on any atom is -0.376 e. The molecule has 6 nitrogen and oxygen atoms in total. The molecule has 0 bridgehead atoms. The molecule has 0 aromatic heterocycles. The number of nitrogens with one attached hydrogen (secondary N) is 2. The number of halogens is 1. The Morgan fingerprint density at radius 2 is 1.97 bits per heavy atom. The summed E-state index contributed by atoms with van der Waals surface area (Å²) in [6.07, 6.45) is 6.87. The molecule has 1 saturated heterocycles. The van der Waals surface area contributed by atoms with Gasteiger partial charge in [0.05, 0.1) is 12.6 Å². The fourth-order valence-corrected chi connectivity index (χ4v) is 4.18. The molecule has 0 radical (unpaired) electrons. The predicted octanol–water partition coefficient (Wildman–Crippen LogP) is 4.02. The van der Waals surface area contributed by atoms with Crippen LogP contribution >= 0.6 is 24.0 Å². The molecule has 2 aromatic rings. The number of guanidine groups is 1. The van der Waals surface area contributed by atoms with E-state index < -0.39 is 0 Å². The van der Waals surface area contributed by atoms with Crippen LogP contribution in [0.25, 0.3) is 0 Å². The number of hydrogen-bond donors (Lipinski definition) is 3. The number of anilines is 1. The number of rotatable bonds is 6. The van der Waals surface area contributed by atoms with E-state index >= 15 is 0 Å². The lowest BCUT2D eigenvalue weighted by atomic mass is 9.90. The van der Waals surface area contributed by atoms with Gasteiger partial charge in [-0.05, 0) is 73.4 Å². The minimum atomic E-state index is -0.0849. The van der Waals surface area contributed by atoms with Crippen molar-refractivity contribution in [3.63, 3.8) is 0 Å². The van der Waals surface area contributed by atoms with Gasteiger partial charge < -0.3 is 21.1 Å². The van der Waals surface area contributed by atoms with Crippen molar-refractivity contribution >= 4 is 41.5 Å². The summed E-state index contributed by atoms with van der Waals surface area (Å²) < 4.78 is 5.56. The summed E-state index contributed by atoms with van der Waals surface area (Å²) >= 11 is 0. The van der Waals surface area contributed by atoms with Gasteiger partial charge in [-0.3, -0.25) is 4.79 Å². The lowest BCUT2D eigenvalue weighted by molar-refractivity contribution is 0.0857. The number of nitrogens with zero attached hydrogens (tertiary/aromatic N) is 1. The molecule has 4 rings (SSSR count). The fourth-order valence-electron chi connectivity index (χ4n) is 4.18. The third kappa shape index (κ3) is 6.43. The van der Waals surface area contributed by atoms with Crippen LogP contribution in [0, 0.1) is 0 Å². The summed E-state index contributed by atoms with van der Waals surface area (Å²) in [5.41, 5.74) is 11.5. The number of benzene rings is 2. The molecule has 0 spiro atoms. The van der Waals surface area contributed by atoms with Crippen LogP contribution in [0.1, 0.15) is 52.7 Å². The van der Waals surface area contributed by atoms with E-state index in [1.54, 1.807) is 0 Å². The number of aryl methyl sites for hydroxylation is 1. The van der Waals surface area contributed by atoms with Crippen LogP contribution in [0.15, 0.2) is 47.5 Å². The first-order chi connectivity index (χ1) is 14.7. The van der Waals surface area contributed by atoms with Crippen molar-refractivity contribution in [2.75, 3.05) is 18.5 Å². The van der Waals surface area contributed by atoms with Gasteiger partial charge >= 0.3 is 0 Å². The Bertz CT molecular complexity index is 926. The maximum Gasteiger partial charge on any atom is 0.251 e. The van der Waals surface area contributed by atoms with E-state index in [1.807, 2.05) is 24.3 Å². The monoisotopic (exact) mass is 534 g/mol. The van der Waals surface area contributed by atoms with Crippen molar-refractivity contribution in [1.29, 1.82) is 0 Å². The molecule has 7 heteroatoms. The molecule has 1 fully saturated rings. The van der Waals surface area contributed by atoms with Gasteiger partial charge in [0.1, 0.15) is 0 Å². The number of fused-ring (bicyclic) bond motifs is 1. The number of nitrogens with two attached hydrogens (primary N) is 1. The van der Waals surface area contributed by atoms with Crippen LogP contribution in [0.2, 0.25) is 0 Å². The highest BCUT2D eigenvalue weighted by atomic mass is 127. The molecule has 31 heavy (non-hydrogen) atoms. The zero-order chi connectivity index (χ0) is 20.8. The van der Waals surface area contributed by atoms with Crippen molar-refractivity contribution < 1.29 is 9.53 Å². The molecule has 1 aliphatic carbocycles. The Balaban J connectivity index is 0.00000272. The average Bonchev–Trinajstić information content (AvgIpc) is 3.30. The van der Waals surface area contributed by atoms with Gasteiger partial charge in [-0.15, -0.1) is 24.0 Å². The smallest absolute Gasteiger partial charge is 0.251 e. The minimum absolute atomic E-state index is 0. The van der Waals surface area contributed by atoms with Gasteiger partial charge in [-0.1, -0.05) is 24.3 Å². The Morgan fingerprint density at radius 3 is 2.81 bits per heavy atom. The van der Waals surface area contributed by atoms with E-state index in [2.05, 4.69) is 33.8 Å². The first-order valence-electron chi connectivity index (χ1n) is 10.9. The Kier molecular flexibility index (Phi) is 8.71. The number of carbonyl (C=O) groups is 1. The third-order valence-electron chi connectivity index (χ3n) is 5.79.